The van der Waals surface area contributed by atoms with Crippen LogP contribution in [0.25, 0.3) is 0 Å². The molecule has 0 heterocycles. The fourth-order valence-corrected chi connectivity index (χ4v) is 3.26. The maximum absolute atomic E-state index is 13.4. The average molecular weight is 285 g/mol. The summed E-state index contributed by atoms with van der Waals surface area (Å²) in [6.07, 6.45) is 4.38. The fraction of sp³-hybridized carbons (Fsp3) is 0.625. The van der Waals surface area contributed by atoms with Crippen molar-refractivity contribution < 1.29 is 9.50 Å². The van der Waals surface area contributed by atoms with Crippen LogP contribution in [0.15, 0.2) is 18.2 Å². The zero-order valence-corrected chi connectivity index (χ0v) is 12.4. The van der Waals surface area contributed by atoms with Crippen molar-refractivity contribution in [2.75, 3.05) is 0 Å². The molecule has 0 aliphatic heterocycles. The highest BCUT2D eigenvalue weighted by atomic mass is 35.5. The van der Waals surface area contributed by atoms with Crippen molar-refractivity contribution >= 4 is 11.6 Å². The first-order valence-electron chi connectivity index (χ1n) is 7.06. The minimum atomic E-state index is -0.687. The summed E-state index contributed by atoms with van der Waals surface area (Å²) in [5.41, 5.74) is 0.141. The van der Waals surface area contributed by atoms with Gasteiger partial charge in [0.2, 0.25) is 0 Å². The quantitative estimate of drug-likeness (QED) is 0.860. The molecule has 3 heteroatoms. The predicted molar refractivity (Wildman–Crippen MR) is 76.9 cm³/mol. The summed E-state index contributed by atoms with van der Waals surface area (Å²) in [6.45, 7) is 4.41. The summed E-state index contributed by atoms with van der Waals surface area (Å²) in [5.74, 6) is 0.753. The van der Waals surface area contributed by atoms with Gasteiger partial charge in [-0.25, -0.2) is 4.39 Å². The molecule has 1 aliphatic carbocycles. The second kappa shape index (κ2) is 5.80. The Bertz CT molecular complexity index is 446. The maximum Gasteiger partial charge on any atom is 0.142 e. The van der Waals surface area contributed by atoms with Crippen LogP contribution in [0.5, 0.6) is 0 Å². The highest BCUT2D eigenvalue weighted by molar-refractivity contribution is 6.30. The molecule has 19 heavy (non-hydrogen) atoms. The predicted octanol–water partition coefficient (Wildman–Crippen LogP) is 4.60. The van der Waals surface area contributed by atoms with E-state index in [0.717, 1.165) is 24.8 Å². The van der Waals surface area contributed by atoms with Gasteiger partial charge >= 0.3 is 0 Å². The van der Waals surface area contributed by atoms with E-state index in [0.29, 0.717) is 18.3 Å². The van der Waals surface area contributed by atoms with E-state index in [1.165, 1.54) is 12.5 Å². The number of benzene rings is 1. The smallest absolute Gasteiger partial charge is 0.142 e. The maximum atomic E-state index is 13.4. The van der Waals surface area contributed by atoms with Crippen molar-refractivity contribution in [3.05, 3.63) is 34.6 Å². The van der Waals surface area contributed by atoms with E-state index in [1.54, 1.807) is 6.07 Å². The van der Waals surface area contributed by atoms with Crippen molar-refractivity contribution in [3.8, 4) is 0 Å². The Hall–Kier alpha value is -0.600. The van der Waals surface area contributed by atoms with Crippen molar-refractivity contribution in [1.29, 1.82) is 0 Å². The second-order valence-corrected chi connectivity index (χ2v) is 6.66. The third kappa shape index (κ3) is 3.70. The van der Waals surface area contributed by atoms with Gasteiger partial charge in [0, 0.05) is 6.42 Å². The zero-order valence-electron chi connectivity index (χ0n) is 11.6. The van der Waals surface area contributed by atoms with Crippen LogP contribution in [0.1, 0.15) is 45.1 Å². The summed E-state index contributed by atoms with van der Waals surface area (Å²) in [6, 6.07) is 4.82. The molecular formula is C16H22ClFO. The third-order valence-electron chi connectivity index (χ3n) is 4.32. The lowest BCUT2D eigenvalue weighted by Crippen LogP contribution is -2.38. The van der Waals surface area contributed by atoms with E-state index >= 15 is 0 Å². The molecule has 0 amide bonds. The van der Waals surface area contributed by atoms with Gasteiger partial charge in [-0.3, -0.25) is 0 Å². The van der Waals surface area contributed by atoms with Crippen LogP contribution in [0, 0.1) is 17.7 Å². The fourth-order valence-electron chi connectivity index (χ4n) is 3.14. The Morgan fingerprint density at radius 2 is 2.21 bits per heavy atom. The largest absolute Gasteiger partial charge is 0.390 e. The summed E-state index contributed by atoms with van der Waals surface area (Å²) in [5, 5.41) is 10.9. The Morgan fingerprint density at radius 1 is 1.47 bits per heavy atom. The second-order valence-electron chi connectivity index (χ2n) is 6.25. The average Bonchev–Trinajstić information content (AvgIpc) is 2.33. The Kier molecular flexibility index (Phi) is 4.52. The zero-order chi connectivity index (χ0) is 14.0. The topological polar surface area (TPSA) is 20.2 Å². The third-order valence-corrected chi connectivity index (χ3v) is 4.63. The van der Waals surface area contributed by atoms with E-state index in [1.807, 2.05) is 6.07 Å². The molecule has 0 saturated heterocycles. The van der Waals surface area contributed by atoms with Crippen molar-refractivity contribution in [2.45, 2.75) is 51.6 Å². The minimum Gasteiger partial charge on any atom is -0.390 e. The summed E-state index contributed by atoms with van der Waals surface area (Å²) < 4.78 is 13.4. The van der Waals surface area contributed by atoms with Gasteiger partial charge in [-0.05, 0) is 48.8 Å². The lowest BCUT2D eigenvalue weighted by Gasteiger charge is -2.38. The van der Waals surface area contributed by atoms with E-state index in [4.69, 9.17) is 11.6 Å². The standard InChI is InChI=1S/C16H22ClFO/c1-11(2)13-4-3-7-16(19,10-13)9-12-5-6-14(17)15(18)8-12/h5-6,8,11,13,19H,3-4,7,9-10H2,1-2H3. The monoisotopic (exact) mass is 284 g/mol. The van der Waals surface area contributed by atoms with Gasteiger partial charge < -0.3 is 5.11 Å². The molecule has 0 radical (unpaired) electrons. The highest BCUT2D eigenvalue weighted by Crippen LogP contribution is 2.38. The molecule has 2 rings (SSSR count). The molecule has 0 aromatic heterocycles. The van der Waals surface area contributed by atoms with Crippen LogP contribution in [0.2, 0.25) is 5.02 Å². The van der Waals surface area contributed by atoms with Crippen LogP contribution in [0.3, 0.4) is 0 Å². The molecule has 1 nitrogen and oxygen atoms in total. The van der Waals surface area contributed by atoms with Crippen LogP contribution >= 0.6 is 11.6 Å². The number of rotatable bonds is 3. The number of hydrogen-bond donors (Lipinski definition) is 1. The first-order valence-corrected chi connectivity index (χ1v) is 7.44. The number of aliphatic hydroxyl groups is 1. The van der Waals surface area contributed by atoms with E-state index < -0.39 is 11.4 Å². The van der Waals surface area contributed by atoms with Gasteiger partial charge in [0.25, 0.3) is 0 Å². The van der Waals surface area contributed by atoms with Gasteiger partial charge in [-0.15, -0.1) is 0 Å². The van der Waals surface area contributed by atoms with Crippen LogP contribution < -0.4 is 0 Å². The van der Waals surface area contributed by atoms with Crippen LogP contribution in [0.4, 0.5) is 4.39 Å². The Balaban J connectivity index is 2.09. The van der Waals surface area contributed by atoms with Gasteiger partial charge in [0.05, 0.1) is 10.6 Å². The first-order chi connectivity index (χ1) is 8.89. The molecule has 1 fully saturated rings. The summed E-state index contributed by atoms with van der Waals surface area (Å²) in [4.78, 5) is 0. The molecule has 1 aromatic rings. The Morgan fingerprint density at radius 3 is 2.84 bits per heavy atom. The van der Waals surface area contributed by atoms with Gasteiger partial charge in [-0.1, -0.05) is 37.9 Å². The molecule has 2 unspecified atom stereocenters. The summed E-state index contributed by atoms with van der Waals surface area (Å²) >= 11 is 5.69. The molecule has 0 bridgehead atoms. The first kappa shape index (κ1) is 14.8. The van der Waals surface area contributed by atoms with Crippen molar-refractivity contribution in [1.82, 2.24) is 0 Å². The van der Waals surface area contributed by atoms with Crippen LogP contribution in [-0.4, -0.2) is 10.7 Å². The molecule has 1 aromatic carbocycles. The van der Waals surface area contributed by atoms with E-state index in [-0.39, 0.29) is 5.02 Å². The SMILES string of the molecule is CC(C)C1CCCC(O)(Cc2ccc(Cl)c(F)c2)C1. The highest BCUT2D eigenvalue weighted by Gasteiger charge is 2.35. The molecule has 1 saturated carbocycles. The molecule has 1 aliphatic rings. The van der Waals surface area contributed by atoms with E-state index in [9.17, 15) is 9.50 Å². The van der Waals surface area contributed by atoms with Gasteiger partial charge in [-0.2, -0.15) is 0 Å². The normalized spacial score (nSPS) is 27.8. The lowest BCUT2D eigenvalue weighted by molar-refractivity contribution is -0.0240. The molecule has 106 valence electrons. The van der Waals surface area contributed by atoms with Crippen molar-refractivity contribution in [2.24, 2.45) is 11.8 Å². The van der Waals surface area contributed by atoms with Gasteiger partial charge in [0.1, 0.15) is 5.82 Å². The number of halogens is 2. The Labute approximate surface area is 119 Å². The molecule has 2 atom stereocenters. The lowest BCUT2D eigenvalue weighted by atomic mass is 9.71. The number of hydrogen-bond acceptors (Lipinski definition) is 1. The van der Waals surface area contributed by atoms with Gasteiger partial charge in [0.15, 0.2) is 0 Å². The molecule has 0 spiro atoms. The molecular weight excluding hydrogens is 263 g/mol. The van der Waals surface area contributed by atoms with Crippen LogP contribution in [-0.2, 0) is 6.42 Å². The van der Waals surface area contributed by atoms with Crippen molar-refractivity contribution in [3.63, 3.8) is 0 Å². The minimum absolute atomic E-state index is 0.138. The van der Waals surface area contributed by atoms with E-state index in [2.05, 4.69) is 13.8 Å². The summed E-state index contributed by atoms with van der Waals surface area (Å²) in [7, 11) is 0. The molecule has 1 N–H and O–H groups in total.